The fraction of sp³-hybridized carbons (Fsp3) is 0.250. The van der Waals surface area contributed by atoms with E-state index in [1.165, 1.54) is 0 Å². The van der Waals surface area contributed by atoms with Crippen LogP contribution in [0.15, 0.2) is 78.9 Å². The normalized spacial score (nSPS) is 17.7. The number of rotatable bonds is 6. The summed E-state index contributed by atoms with van der Waals surface area (Å²) in [7, 11) is 1.69. The molecule has 1 heterocycles. The van der Waals surface area contributed by atoms with E-state index >= 15 is 0 Å². The second kappa shape index (κ2) is 8.91. The molecule has 1 fully saturated rings. The monoisotopic (exact) mass is 375 g/mol. The summed E-state index contributed by atoms with van der Waals surface area (Å²) in [6.45, 7) is 2.32. The van der Waals surface area contributed by atoms with Crippen LogP contribution in [0.25, 0.3) is 11.1 Å². The van der Waals surface area contributed by atoms with Gasteiger partial charge in [-0.25, -0.2) is 0 Å². The second-order valence-corrected chi connectivity index (χ2v) is 6.76. The van der Waals surface area contributed by atoms with E-state index in [0.29, 0.717) is 6.61 Å². The summed E-state index contributed by atoms with van der Waals surface area (Å²) in [5.74, 6) is 1.64. The highest BCUT2D eigenvalue weighted by molar-refractivity contribution is 5.75. The largest absolute Gasteiger partial charge is 0.496 e. The molecule has 1 saturated heterocycles. The molecule has 144 valence electrons. The minimum Gasteiger partial charge on any atom is -0.496 e. The van der Waals surface area contributed by atoms with Crippen molar-refractivity contribution in [3.05, 3.63) is 84.4 Å². The highest BCUT2D eigenvalue weighted by Crippen LogP contribution is 2.38. The molecule has 3 aromatic rings. The highest BCUT2D eigenvalue weighted by atomic mass is 16.5. The Bertz CT molecular complexity index is 891. The molecule has 0 radical (unpaired) electrons. The van der Waals surface area contributed by atoms with Crippen molar-refractivity contribution in [2.24, 2.45) is 0 Å². The molecule has 0 saturated carbocycles. The van der Waals surface area contributed by atoms with Crippen molar-refractivity contribution in [2.45, 2.75) is 12.2 Å². The Morgan fingerprint density at radius 1 is 0.857 bits per heavy atom. The van der Waals surface area contributed by atoms with Crippen LogP contribution >= 0.6 is 0 Å². The Balaban J connectivity index is 1.71. The van der Waals surface area contributed by atoms with Crippen molar-refractivity contribution >= 4 is 0 Å². The van der Waals surface area contributed by atoms with E-state index in [1.807, 2.05) is 54.6 Å². The first kappa shape index (κ1) is 18.5. The molecule has 0 aliphatic carbocycles. The van der Waals surface area contributed by atoms with Crippen molar-refractivity contribution in [1.82, 2.24) is 5.32 Å². The van der Waals surface area contributed by atoms with E-state index in [2.05, 4.69) is 29.6 Å². The Morgan fingerprint density at radius 2 is 1.50 bits per heavy atom. The fourth-order valence-corrected chi connectivity index (χ4v) is 3.58. The van der Waals surface area contributed by atoms with Crippen LogP contribution in [0, 0.1) is 0 Å². The third kappa shape index (κ3) is 4.03. The van der Waals surface area contributed by atoms with Crippen LogP contribution in [0.5, 0.6) is 11.5 Å². The first-order chi connectivity index (χ1) is 13.9. The van der Waals surface area contributed by atoms with E-state index in [1.54, 1.807) is 7.11 Å². The number of benzene rings is 3. The molecule has 2 atom stereocenters. The first-order valence-corrected chi connectivity index (χ1v) is 9.63. The van der Waals surface area contributed by atoms with E-state index < -0.39 is 0 Å². The van der Waals surface area contributed by atoms with E-state index in [-0.39, 0.29) is 12.2 Å². The van der Waals surface area contributed by atoms with Crippen LogP contribution in [-0.4, -0.2) is 32.9 Å². The minimum atomic E-state index is -0.204. The lowest BCUT2D eigenvalue weighted by Crippen LogP contribution is -2.43. The Morgan fingerprint density at radius 3 is 2.18 bits per heavy atom. The van der Waals surface area contributed by atoms with Crippen molar-refractivity contribution < 1.29 is 14.2 Å². The van der Waals surface area contributed by atoms with Gasteiger partial charge in [-0.2, -0.15) is 0 Å². The van der Waals surface area contributed by atoms with Gasteiger partial charge in [-0.05, 0) is 17.7 Å². The number of morpholine rings is 1. The van der Waals surface area contributed by atoms with Crippen LogP contribution in [-0.2, 0) is 4.74 Å². The maximum atomic E-state index is 6.60. The summed E-state index contributed by atoms with van der Waals surface area (Å²) < 4.78 is 18.2. The zero-order chi connectivity index (χ0) is 19.2. The molecule has 3 aromatic carbocycles. The van der Waals surface area contributed by atoms with E-state index in [4.69, 9.17) is 14.2 Å². The molecule has 4 heteroatoms. The van der Waals surface area contributed by atoms with Crippen LogP contribution in [0.2, 0.25) is 0 Å². The van der Waals surface area contributed by atoms with Gasteiger partial charge in [0.25, 0.3) is 0 Å². The number of para-hydroxylation sites is 2. The van der Waals surface area contributed by atoms with Gasteiger partial charge >= 0.3 is 0 Å². The van der Waals surface area contributed by atoms with Gasteiger partial charge in [0.05, 0.1) is 13.7 Å². The average molecular weight is 375 g/mol. The summed E-state index contributed by atoms with van der Waals surface area (Å²) in [5, 5.41) is 3.41. The van der Waals surface area contributed by atoms with Gasteiger partial charge in [0.15, 0.2) is 6.10 Å². The summed E-state index contributed by atoms with van der Waals surface area (Å²) in [5.41, 5.74) is 3.12. The molecule has 2 unspecified atom stereocenters. The Hall–Kier alpha value is -2.82. The molecular formula is C24H25NO3. The van der Waals surface area contributed by atoms with Gasteiger partial charge in [-0.3, -0.25) is 0 Å². The van der Waals surface area contributed by atoms with Crippen LogP contribution < -0.4 is 14.8 Å². The average Bonchev–Trinajstić information content (AvgIpc) is 2.79. The molecule has 0 amide bonds. The zero-order valence-corrected chi connectivity index (χ0v) is 16.0. The van der Waals surface area contributed by atoms with Crippen molar-refractivity contribution in [3.8, 4) is 22.6 Å². The predicted octanol–water partition coefficient (Wildman–Crippen LogP) is 4.47. The van der Waals surface area contributed by atoms with Crippen LogP contribution in [0.3, 0.4) is 0 Å². The third-order valence-corrected chi connectivity index (χ3v) is 4.96. The molecule has 4 nitrogen and oxygen atoms in total. The lowest BCUT2D eigenvalue weighted by molar-refractivity contribution is -0.0430. The van der Waals surface area contributed by atoms with Gasteiger partial charge in [-0.1, -0.05) is 66.7 Å². The topological polar surface area (TPSA) is 39.7 Å². The van der Waals surface area contributed by atoms with Crippen molar-refractivity contribution in [3.63, 3.8) is 0 Å². The maximum absolute atomic E-state index is 6.60. The highest BCUT2D eigenvalue weighted by Gasteiger charge is 2.28. The molecular weight excluding hydrogens is 350 g/mol. The molecule has 1 aliphatic heterocycles. The van der Waals surface area contributed by atoms with Gasteiger partial charge < -0.3 is 19.5 Å². The van der Waals surface area contributed by atoms with Crippen molar-refractivity contribution in [1.29, 1.82) is 0 Å². The summed E-state index contributed by atoms with van der Waals surface area (Å²) in [4.78, 5) is 0. The lowest BCUT2D eigenvalue weighted by Gasteiger charge is -2.32. The predicted molar refractivity (Wildman–Crippen MR) is 111 cm³/mol. The Labute approximate surface area is 166 Å². The first-order valence-electron chi connectivity index (χ1n) is 9.63. The van der Waals surface area contributed by atoms with Gasteiger partial charge in [0.1, 0.15) is 17.6 Å². The number of ether oxygens (including phenoxy) is 3. The molecule has 0 aromatic heterocycles. The fourth-order valence-electron chi connectivity index (χ4n) is 3.58. The molecule has 4 rings (SSSR count). The third-order valence-electron chi connectivity index (χ3n) is 4.96. The summed E-state index contributed by atoms with van der Waals surface area (Å²) >= 11 is 0. The number of nitrogens with one attached hydrogen (secondary N) is 1. The van der Waals surface area contributed by atoms with Gasteiger partial charge in [0.2, 0.25) is 0 Å². The minimum absolute atomic E-state index is 0.0538. The van der Waals surface area contributed by atoms with Gasteiger partial charge in [-0.15, -0.1) is 0 Å². The van der Waals surface area contributed by atoms with Crippen LogP contribution in [0.4, 0.5) is 0 Å². The summed E-state index contributed by atoms with van der Waals surface area (Å²) in [6.07, 6.45) is -0.258. The van der Waals surface area contributed by atoms with Crippen molar-refractivity contribution in [2.75, 3.05) is 26.8 Å². The number of methoxy groups -OCH3 is 1. The lowest BCUT2D eigenvalue weighted by atomic mass is 10.0. The van der Waals surface area contributed by atoms with E-state index in [9.17, 15) is 0 Å². The molecule has 1 aliphatic rings. The summed E-state index contributed by atoms with van der Waals surface area (Å²) in [6, 6.07) is 26.4. The standard InChI is InChI=1S/C24H25NO3/c1-26-21-13-7-5-11-19(21)20-12-6-8-14-22(20)28-24(18-9-3-2-4-10-18)23-17-25-15-16-27-23/h2-14,23-25H,15-17H2,1H3. The Kier molecular flexibility index (Phi) is 5.90. The molecule has 1 N–H and O–H groups in total. The zero-order valence-electron chi connectivity index (χ0n) is 16.0. The van der Waals surface area contributed by atoms with Gasteiger partial charge in [0, 0.05) is 24.2 Å². The quantitative estimate of drug-likeness (QED) is 0.690. The van der Waals surface area contributed by atoms with E-state index in [0.717, 1.165) is 41.3 Å². The molecule has 28 heavy (non-hydrogen) atoms. The number of hydrogen-bond acceptors (Lipinski definition) is 4. The second-order valence-electron chi connectivity index (χ2n) is 6.76. The molecule has 0 spiro atoms. The number of hydrogen-bond donors (Lipinski definition) is 1. The smallest absolute Gasteiger partial charge is 0.151 e. The molecule has 0 bridgehead atoms. The maximum Gasteiger partial charge on any atom is 0.151 e. The SMILES string of the molecule is COc1ccccc1-c1ccccc1OC(c1ccccc1)C1CNCCO1. The van der Waals surface area contributed by atoms with Crippen LogP contribution in [0.1, 0.15) is 11.7 Å².